The molecule has 2 heterocycles. The molecule has 146 valence electrons. The predicted octanol–water partition coefficient (Wildman–Crippen LogP) is 2.33. The third-order valence-corrected chi connectivity index (χ3v) is 5.13. The smallest absolute Gasteiger partial charge is 0.293 e. The van der Waals surface area contributed by atoms with E-state index in [1.54, 1.807) is 43.9 Å². The number of benzene rings is 1. The van der Waals surface area contributed by atoms with Crippen LogP contribution in [0.2, 0.25) is 0 Å². The minimum Gasteiger partial charge on any atom is -0.348 e. The van der Waals surface area contributed by atoms with E-state index in [1.165, 1.54) is 6.07 Å². The molecule has 1 aromatic carbocycles. The Balaban J connectivity index is 1.54. The van der Waals surface area contributed by atoms with Crippen molar-refractivity contribution < 1.29 is 9.18 Å². The Morgan fingerprint density at radius 3 is 2.82 bits per heavy atom. The van der Waals surface area contributed by atoms with Gasteiger partial charge in [-0.25, -0.2) is 9.07 Å². The average Bonchev–Trinajstić information content (AvgIpc) is 3.41. The summed E-state index contributed by atoms with van der Waals surface area (Å²) in [6.07, 6.45) is 3.75. The molecule has 1 saturated carbocycles. The third-order valence-electron chi connectivity index (χ3n) is 5.13. The van der Waals surface area contributed by atoms with Crippen molar-refractivity contribution in [3.63, 3.8) is 0 Å². The van der Waals surface area contributed by atoms with Gasteiger partial charge in [0.25, 0.3) is 5.56 Å². The van der Waals surface area contributed by atoms with E-state index in [-0.39, 0.29) is 17.9 Å². The maximum absolute atomic E-state index is 14.1. The molecule has 0 aliphatic heterocycles. The van der Waals surface area contributed by atoms with Crippen LogP contribution in [0, 0.1) is 12.7 Å². The SMILES string of the molecule is Cc1ccc(C(C)NC(=O)Cn2ncc3c(C4CC4)nn(C)c3c2=O)c(F)c1. The lowest BCUT2D eigenvalue weighted by molar-refractivity contribution is -0.122. The van der Waals surface area contributed by atoms with E-state index in [0.29, 0.717) is 17.0 Å². The first-order valence-corrected chi connectivity index (χ1v) is 9.33. The molecule has 8 heteroatoms. The van der Waals surface area contributed by atoms with E-state index in [9.17, 15) is 14.0 Å². The summed E-state index contributed by atoms with van der Waals surface area (Å²) in [6, 6.07) is 4.35. The maximum Gasteiger partial charge on any atom is 0.293 e. The molecule has 28 heavy (non-hydrogen) atoms. The van der Waals surface area contributed by atoms with Crippen molar-refractivity contribution in [3.05, 3.63) is 57.4 Å². The lowest BCUT2D eigenvalue weighted by Gasteiger charge is -2.15. The highest BCUT2D eigenvalue weighted by Gasteiger charge is 2.30. The highest BCUT2D eigenvalue weighted by Crippen LogP contribution is 2.41. The zero-order valence-electron chi connectivity index (χ0n) is 16.1. The Morgan fingerprint density at radius 1 is 1.39 bits per heavy atom. The molecule has 4 rings (SSSR count). The van der Waals surface area contributed by atoms with Crippen molar-refractivity contribution in [2.75, 3.05) is 0 Å². The van der Waals surface area contributed by atoms with E-state index < -0.39 is 11.9 Å². The fourth-order valence-corrected chi connectivity index (χ4v) is 3.50. The third kappa shape index (κ3) is 3.30. The molecular formula is C20H22FN5O2. The topological polar surface area (TPSA) is 81.8 Å². The molecule has 1 aliphatic rings. The number of fused-ring (bicyclic) bond motifs is 1. The number of nitrogens with zero attached hydrogens (tertiary/aromatic N) is 4. The van der Waals surface area contributed by atoms with Gasteiger partial charge >= 0.3 is 0 Å². The van der Waals surface area contributed by atoms with Crippen LogP contribution in [0.1, 0.15) is 48.5 Å². The van der Waals surface area contributed by atoms with Crippen LogP contribution in [0.3, 0.4) is 0 Å². The Bertz CT molecular complexity index is 1130. The number of aryl methyl sites for hydroxylation is 2. The molecular weight excluding hydrogens is 361 g/mol. The van der Waals surface area contributed by atoms with Gasteiger partial charge in [-0.05, 0) is 38.3 Å². The molecule has 0 radical (unpaired) electrons. The highest BCUT2D eigenvalue weighted by molar-refractivity contribution is 5.81. The first kappa shape index (κ1) is 18.3. The van der Waals surface area contributed by atoms with Crippen molar-refractivity contribution >= 4 is 16.8 Å². The molecule has 1 fully saturated rings. The van der Waals surface area contributed by atoms with Gasteiger partial charge in [-0.3, -0.25) is 14.3 Å². The van der Waals surface area contributed by atoms with Crippen molar-refractivity contribution in [3.8, 4) is 0 Å². The van der Waals surface area contributed by atoms with Gasteiger partial charge in [0.2, 0.25) is 5.91 Å². The summed E-state index contributed by atoms with van der Waals surface area (Å²) in [5.41, 5.74) is 2.20. The van der Waals surface area contributed by atoms with Crippen LogP contribution in [0.15, 0.2) is 29.2 Å². The average molecular weight is 383 g/mol. The molecule has 1 N–H and O–H groups in total. The van der Waals surface area contributed by atoms with Crippen LogP contribution in [0.25, 0.3) is 10.9 Å². The number of hydrogen-bond acceptors (Lipinski definition) is 4. The summed E-state index contributed by atoms with van der Waals surface area (Å²) in [5, 5.41) is 12.1. The van der Waals surface area contributed by atoms with Crippen molar-refractivity contribution in [1.29, 1.82) is 0 Å². The molecule has 1 unspecified atom stereocenters. The second-order valence-electron chi connectivity index (χ2n) is 7.47. The van der Waals surface area contributed by atoms with Gasteiger partial charge in [-0.15, -0.1) is 0 Å². The summed E-state index contributed by atoms with van der Waals surface area (Å²) >= 11 is 0. The van der Waals surface area contributed by atoms with E-state index >= 15 is 0 Å². The van der Waals surface area contributed by atoms with Crippen molar-refractivity contribution in [2.45, 2.75) is 45.2 Å². The number of hydrogen-bond donors (Lipinski definition) is 1. The molecule has 2 aromatic heterocycles. The summed E-state index contributed by atoms with van der Waals surface area (Å²) in [7, 11) is 1.72. The lowest BCUT2D eigenvalue weighted by Crippen LogP contribution is -2.35. The largest absolute Gasteiger partial charge is 0.348 e. The lowest BCUT2D eigenvalue weighted by atomic mass is 10.1. The molecule has 1 amide bonds. The van der Waals surface area contributed by atoms with Crippen LogP contribution < -0.4 is 10.9 Å². The fourth-order valence-electron chi connectivity index (χ4n) is 3.50. The number of aromatic nitrogens is 4. The first-order chi connectivity index (χ1) is 13.3. The summed E-state index contributed by atoms with van der Waals surface area (Å²) in [6.45, 7) is 3.27. The maximum atomic E-state index is 14.1. The minimum absolute atomic E-state index is 0.240. The van der Waals surface area contributed by atoms with Gasteiger partial charge in [-0.1, -0.05) is 12.1 Å². The zero-order chi connectivity index (χ0) is 20.0. The molecule has 7 nitrogen and oxygen atoms in total. The van der Waals surface area contributed by atoms with Crippen LogP contribution >= 0.6 is 0 Å². The Kier molecular flexibility index (Phi) is 4.49. The molecule has 1 atom stereocenters. The second-order valence-corrected chi connectivity index (χ2v) is 7.47. The van der Waals surface area contributed by atoms with Gasteiger partial charge in [0.15, 0.2) is 0 Å². The number of rotatable bonds is 5. The summed E-state index contributed by atoms with van der Waals surface area (Å²) < 4.78 is 16.8. The normalized spacial score (nSPS) is 15.0. The highest BCUT2D eigenvalue weighted by atomic mass is 19.1. The second kappa shape index (κ2) is 6.85. The van der Waals surface area contributed by atoms with Crippen molar-refractivity contribution in [1.82, 2.24) is 24.9 Å². The van der Waals surface area contributed by atoms with Gasteiger partial charge in [0, 0.05) is 23.9 Å². The number of nitrogens with one attached hydrogen (secondary N) is 1. The van der Waals surface area contributed by atoms with E-state index in [2.05, 4.69) is 15.5 Å². The molecule has 0 saturated heterocycles. The summed E-state index contributed by atoms with van der Waals surface area (Å²) in [4.78, 5) is 25.2. The fraction of sp³-hybridized carbons (Fsp3) is 0.400. The van der Waals surface area contributed by atoms with Crippen LogP contribution in [0.5, 0.6) is 0 Å². The van der Waals surface area contributed by atoms with Crippen LogP contribution in [-0.4, -0.2) is 25.5 Å². The Labute approximate surface area is 161 Å². The first-order valence-electron chi connectivity index (χ1n) is 9.33. The molecule has 0 spiro atoms. The number of carbonyl (C=O) groups is 1. The summed E-state index contributed by atoms with van der Waals surface area (Å²) in [5.74, 6) is -0.382. The van der Waals surface area contributed by atoms with Gasteiger partial charge < -0.3 is 5.32 Å². The predicted molar refractivity (Wildman–Crippen MR) is 102 cm³/mol. The van der Waals surface area contributed by atoms with E-state index in [1.807, 2.05) is 0 Å². The van der Waals surface area contributed by atoms with E-state index in [0.717, 1.165) is 34.2 Å². The minimum atomic E-state index is -0.522. The number of amides is 1. The number of halogens is 1. The van der Waals surface area contributed by atoms with Gasteiger partial charge in [0.1, 0.15) is 17.9 Å². The van der Waals surface area contributed by atoms with Crippen LogP contribution in [-0.2, 0) is 18.4 Å². The van der Waals surface area contributed by atoms with Gasteiger partial charge in [0.05, 0.1) is 17.9 Å². The van der Waals surface area contributed by atoms with Gasteiger partial charge in [-0.2, -0.15) is 10.2 Å². The van der Waals surface area contributed by atoms with Crippen LogP contribution in [0.4, 0.5) is 4.39 Å². The molecule has 0 bridgehead atoms. The molecule has 3 aromatic rings. The standard InChI is InChI=1S/C20H22FN5O2/c1-11-4-7-14(16(21)8-11)12(2)23-17(27)10-26-20(28)19-15(9-22-26)18(13-5-6-13)24-25(19)3/h4,7-9,12-13H,5-6,10H2,1-3H3,(H,23,27). The Morgan fingerprint density at radius 2 is 2.14 bits per heavy atom. The van der Waals surface area contributed by atoms with Crippen molar-refractivity contribution in [2.24, 2.45) is 7.05 Å². The quantitative estimate of drug-likeness (QED) is 0.733. The monoisotopic (exact) mass is 383 g/mol. The Hall–Kier alpha value is -3.03. The zero-order valence-corrected chi connectivity index (χ0v) is 16.1. The number of carbonyl (C=O) groups excluding carboxylic acids is 1. The van der Waals surface area contributed by atoms with E-state index in [4.69, 9.17) is 0 Å². The molecule has 1 aliphatic carbocycles.